The maximum absolute atomic E-state index is 13.5. The third-order valence-corrected chi connectivity index (χ3v) is 10.5. The van der Waals surface area contributed by atoms with E-state index in [1.165, 1.54) is 18.5 Å². The molecule has 1 saturated carbocycles. The molecule has 1 aliphatic heterocycles. The van der Waals surface area contributed by atoms with Gasteiger partial charge in [0.1, 0.15) is 12.1 Å². The molecule has 2 aliphatic rings. The maximum atomic E-state index is 13.5. The number of alkyl halides is 2. The topological polar surface area (TPSA) is 126 Å². The summed E-state index contributed by atoms with van der Waals surface area (Å²) < 4.78 is 57.9. The summed E-state index contributed by atoms with van der Waals surface area (Å²) in [6, 6.07) is 4.57. The fourth-order valence-electron chi connectivity index (χ4n) is 5.71. The third-order valence-electron chi connectivity index (χ3n) is 7.96. The van der Waals surface area contributed by atoms with Gasteiger partial charge in [0.25, 0.3) is 6.43 Å². The number of amides is 1. The van der Waals surface area contributed by atoms with Crippen molar-refractivity contribution in [1.82, 2.24) is 34.4 Å². The van der Waals surface area contributed by atoms with Crippen LogP contribution in [0.4, 0.5) is 14.6 Å². The quantitative estimate of drug-likeness (QED) is 0.326. The van der Waals surface area contributed by atoms with Crippen molar-refractivity contribution in [1.29, 1.82) is 0 Å². The number of sulfonamides is 1. The van der Waals surface area contributed by atoms with Crippen LogP contribution >= 0.6 is 11.3 Å². The van der Waals surface area contributed by atoms with Gasteiger partial charge in [-0.2, -0.15) is 0 Å². The molecule has 0 radical (unpaired) electrons. The molecule has 1 saturated heterocycles. The van der Waals surface area contributed by atoms with Gasteiger partial charge in [0, 0.05) is 42.0 Å². The highest BCUT2D eigenvalue weighted by Crippen LogP contribution is 2.40. The summed E-state index contributed by atoms with van der Waals surface area (Å²) in [7, 11) is -3.86. The van der Waals surface area contributed by atoms with Crippen LogP contribution in [0.3, 0.4) is 0 Å². The van der Waals surface area contributed by atoms with Gasteiger partial charge in [0.2, 0.25) is 21.1 Å². The van der Waals surface area contributed by atoms with Gasteiger partial charge in [-0.05, 0) is 45.7 Å². The van der Waals surface area contributed by atoms with Crippen molar-refractivity contribution >= 4 is 55.0 Å². The SMILES string of the molecule is CC(C)C(=O)N1[C@H](C)CN(c2ncnc3c2c2ccc(S(=O)(=O)NC4(C)CC4)cc2n3-c2nnc(C(F)F)s2)C[C@@H]1C. The summed E-state index contributed by atoms with van der Waals surface area (Å²) >= 11 is 0.718. The van der Waals surface area contributed by atoms with Crippen molar-refractivity contribution in [3.8, 4) is 5.13 Å². The van der Waals surface area contributed by atoms with Gasteiger partial charge in [-0.15, -0.1) is 10.2 Å². The van der Waals surface area contributed by atoms with E-state index < -0.39 is 27.0 Å². The Balaban J connectivity index is 1.52. The number of hydrogen-bond acceptors (Lipinski definition) is 9. The Labute approximate surface area is 246 Å². The standard InChI is InChI=1S/C27H32F2N8O3S2/c1-14(2)25(38)36-15(3)11-35(12-16(36)4)22-20-18-7-6-17(42(39,40)34-27(5)8-9-27)10-19(18)37(23(20)31-13-30-22)26-33-32-24(41-26)21(28)29/h6-7,10,13-16,21,34H,8-9,11-12H2,1-5H3/t15-,16+. The lowest BCUT2D eigenvalue weighted by Gasteiger charge is -2.45. The Morgan fingerprint density at radius 2 is 1.81 bits per heavy atom. The fraction of sp³-hybridized carbons (Fsp3) is 0.519. The lowest BCUT2D eigenvalue weighted by molar-refractivity contribution is -0.139. The van der Waals surface area contributed by atoms with Crippen molar-refractivity contribution in [2.45, 2.75) is 76.4 Å². The molecule has 2 atom stereocenters. The highest BCUT2D eigenvalue weighted by atomic mass is 32.2. The average Bonchev–Trinajstić information content (AvgIpc) is 3.31. The van der Waals surface area contributed by atoms with Crippen molar-refractivity contribution in [3.05, 3.63) is 29.5 Å². The second kappa shape index (κ2) is 10.2. The average molecular weight is 619 g/mol. The zero-order chi connectivity index (χ0) is 30.1. The van der Waals surface area contributed by atoms with E-state index in [0.717, 1.165) is 24.2 Å². The van der Waals surface area contributed by atoms with Crippen LogP contribution in [0.15, 0.2) is 29.4 Å². The van der Waals surface area contributed by atoms with Crippen LogP contribution < -0.4 is 9.62 Å². The Hall–Kier alpha value is -3.30. The molecule has 3 aromatic heterocycles. The van der Waals surface area contributed by atoms with Gasteiger partial charge in [0.05, 0.1) is 15.8 Å². The molecule has 4 aromatic rings. The normalized spacial score (nSPS) is 20.8. The van der Waals surface area contributed by atoms with Crippen molar-refractivity contribution < 1.29 is 22.0 Å². The molecular weight excluding hydrogens is 586 g/mol. The first-order valence-corrected chi connectivity index (χ1v) is 16.1. The van der Waals surface area contributed by atoms with E-state index in [0.29, 0.717) is 40.8 Å². The largest absolute Gasteiger partial charge is 0.352 e. The molecule has 0 spiro atoms. The zero-order valence-corrected chi connectivity index (χ0v) is 25.5. The third kappa shape index (κ3) is 4.90. The van der Waals surface area contributed by atoms with Crippen LogP contribution in [-0.4, -0.2) is 74.7 Å². The number of aromatic nitrogens is 5. The molecule has 11 nitrogen and oxygen atoms in total. The molecule has 1 aromatic carbocycles. The number of rotatable bonds is 7. The van der Waals surface area contributed by atoms with Crippen molar-refractivity contribution in [3.63, 3.8) is 0 Å². The lowest BCUT2D eigenvalue weighted by atomic mass is 10.0. The highest BCUT2D eigenvalue weighted by molar-refractivity contribution is 7.89. The number of nitrogens with zero attached hydrogens (tertiary/aromatic N) is 7. The van der Waals surface area contributed by atoms with Crippen LogP contribution in [0, 0.1) is 5.92 Å². The van der Waals surface area contributed by atoms with E-state index >= 15 is 0 Å². The molecule has 1 aliphatic carbocycles. The van der Waals surface area contributed by atoms with E-state index in [1.807, 2.05) is 39.5 Å². The number of halogens is 2. The summed E-state index contributed by atoms with van der Waals surface area (Å²) in [6.07, 6.45) is 0.0986. The summed E-state index contributed by atoms with van der Waals surface area (Å²) in [4.78, 5) is 26.1. The minimum absolute atomic E-state index is 0.0448. The number of carbonyl (C=O) groups is 1. The predicted molar refractivity (Wildman–Crippen MR) is 156 cm³/mol. The van der Waals surface area contributed by atoms with Crippen LogP contribution in [0.5, 0.6) is 0 Å². The molecule has 2 fully saturated rings. The van der Waals surface area contributed by atoms with E-state index in [-0.39, 0.29) is 33.9 Å². The van der Waals surface area contributed by atoms with Gasteiger partial charge in [-0.25, -0.2) is 31.9 Å². The molecule has 224 valence electrons. The van der Waals surface area contributed by atoms with Gasteiger partial charge in [-0.1, -0.05) is 31.3 Å². The Morgan fingerprint density at radius 1 is 1.12 bits per heavy atom. The monoisotopic (exact) mass is 618 g/mol. The molecule has 6 rings (SSSR count). The Morgan fingerprint density at radius 3 is 2.40 bits per heavy atom. The van der Waals surface area contributed by atoms with Crippen LogP contribution in [0.2, 0.25) is 0 Å². The van der Waals surface area contributed by atoms with Gasteiger partial charge in [-0.3, -0.25) is 9.36 Å². The number of nitrogens with one attached hydrogen (secondary N) is 1. The smallest absolute Gasteiger partial charge is 0.291 e. The molecule has 4 heterocycles. The lowest BCUT2D eigenvalue weighted by Crippen LogP contribution is -2.59. The van der Waals surface area contributed by atoms with Gasteiger partial charge >= 0.3 is 0 Å². The Kier molecular flexibility index (Phi) is 6.97. The zero-order valence-electron chi connectivity index (χ0n) is 23.9. The first-order valence-electron chi connectivity index (χ1n) is 13.8. The molecule has 0 unspecified atom stereocenters. The molecule has 1 amide bonds. The van der Waals surface area contributed by atoms with Crippen LogP contribution in [0.25, 0.3) is 27.1 Å². The molecular formula is C27H32F2N8O3S2. The molecule has 42 heavy (non-hydrogen) atoms. The second-order valence-corrected chi connectivity index (χ2v) is 14.5. The predicted octanol–water partition coefficient (Wildman–Crippen LogP) is 4.28. The molecule has 0 bridgehead atoms. The number of piperazine rings is 1. The summed E-state index contributed by atoms with van der Waals surface area (Å²) in [6.45, 7) is 10.7. The fourth-order valence-corrected chi connectivity index (χ4v) is 7.91. The summed E-state index contributed by atoms with van der Waals surface area (Å²) in [5.74, 6) is 0.571. The van der Waals surface area contributed by atoms with E-state index in [4.69, 9.17) is 0 Å². The number of hydrogen-bond donors (Lipinski definition) is 1. The van der Waals surface area contributed by atoms with E-state index in [1.54, 1.807) is 10.6 Å². The first kappa shape index (κ1) is 28.8. The summed E-state index contributed by atoms with van der Waals surface area (Å²) in [5, 5.41) is 8.65. The molecule has 1 N–H and O–H groups in total. The minimum Gasteiger partial charge on any atom is -0.352 e. The van der Waals surface area contributed by atoms with E-state index in [9.17, 15) is 22.0 Å². The second-order valence-electron chi connectivity index (χ2n) is 11.8. The summed E-state index contributed by atoms with van der Waals surface area (Å²) in [5.41, 5.74) is 0.351. The van der Waals surface area contributed by atoms with Gasteiger partial charge in [0.15, 0.2) is 10.7 Å². The van der Waals surface area contributed by atoms with E-state index in [2.05, 4.69) is 29.8 Å². The van der Waals surface area contributed by atoms with Crippen LogP contribution in [0.1, 0.15) is 58.9 Å². The number of carbonyl (C=O) groups excluding carboxylic acids is 1. The number of fused-ring (bicyclic) bond motifs is 3. The van der Waals surface area contributed by atoms with Crippen LogP contribution in [-0.2, 0) is 14.8 Å². The Bertz CT molecular complexity index is 1790. The first-order chi connectivity index (χ1) is 19.8. The number of benzene rings is 1. The van der Waals surface area contributed by atoms with Crippen molar-refractivity contribution in [2.24, 2.45) is 5.92 Å². The minimum atomic E-state index is -3.86. The van der Waals surface area contributed by atoms with Crippen molar-refractivity contribution in [2.75, 3.05) is 18.0 Å². The molecule has 15 heteroatoms. The highest BCUT2D eigenvalue weighted by Gasteiger charge is 2.41. The van der Waals surface area contributed by atoms with Gasteiger partial charge < -0.3 is 9.80 Å². The number of anilines is 1. The maximum Gasteiger partial charge on any atom is 0.291 e.